The molecule has 0 aromatic rings. The molecule has 0 aliphatic rings. The van der Waals surface area contributed by atoms with Crippen LogP contribution in [-0.2, 0) is 4.74 Å². The lowest BCUT2D eigenvalue weighted by Crippen LogP contribution is -2.03. The molecule has 0 atom stereocenters. The van der Waals surface area contributed by atoms with Gasteiger partial charge in [0.1, 0.15) is 0 Å². The van der Waals surface area contributed by atoms with Crippen molar-refractivity contribution in [2.24, 2.45) is 5.73 Å². The molecule has 0 aliphatic heterocycles. The predicted octanol–water partition coefficient (Wildman–Crippen LogP) is 2.96. The van der Waals surface area contributed by atoms with Crippen LogP contribution < -0.4 is 5.73 Å². The summed E-state index contributed by atoms with van der Waals surface area (Å²) < 4.78 is 5.27. The third-order valence-electron chi connectivity index (χ3n) is 1.86. The average Bonchev–Trinajstić information content (AvgIpc) is 2.14. The van der Waals surface area contributed by atoms with E-state index in [4.69, 9.17) is 10.5 Å². The average molecular weight is 183 g/mol. The van der Waals surface area contributed by atoms with Crippen molar-refractivity contribution < 1.29 is 4.74 Å². The zero-order valence-corrected chi connectivity index (χ0v) is 8.97. The Kier molecular flexibility index (Phi) is 7.17. The first kappa shape index (κ1) is 12.1. The summed E-state index contributed by atoms with van der Waals surface area (Å²) in [5.74, 6) is 0.515. The highest BCUT2D eigenvalue weighted by atomic mass is 16.5. The van der Waals surface area contributed by atoms with Crippen molar-refractivity contribution in [2.45, 2.75) is 40.0 Å². The lowest BCUT2D eigenvalue weighted by Gasteiger charge is -2.03. The molecule has 0 amide bonds. The summed E-state index contributed by atoms with van der Waals surface area (Å²) in [6.07, 6.45) is 7.08. The fourth-order valence-corrected chi connectivity index (χ4v) is 0.725. The standard InChI is InChI=1S/C11H21NO/c1-4-6-9-13-11(12)8-7-10(3)5-2/h7-8H,4-6,9,12H2,1-3H3/b10-7-,11-8+. The minimum Gasteiger partial charge on any atom is -0.479 e. The monoisotopic (exact) mass is 183 g/mol. The summed E-state index contributed by atoms with van der Waals surface area (Å²) in [6.45, 7) is 7.05. The lowest BCUT2D eigenvalue weighted by atomic mass is 10.2. The van der Waals surface area contributed by atoms with E-state index in [9.17, 15) is 0 Å². The van der Waals surface area contributed by atoms with E-state index in [1.807, 2.05) is 12.2 Å². The quantitative estimate of drug-likeness (QED) is 0.390. The normalized spacial score (nSPS) is 13.2. The fourth-order valence-electron chi connectivity index (χ4n) is 0.725. The number of allylic oxidation sites excluding steroid dienone is 3. The van der Waals surface area contributed by atoms with Gasteiger partial charge in [-0.3, -0.25) is 0 Å². The van der Waals surface area contributed by atoms with E-state index < -0.39 is 0 Å². The zero-order valence-electron chi connectivity index (χ0n) is 8.97. The van der Waals surface area contributed by atoms with Crippen molar-refractivity contribution in [3.8, 4) is 0 Å². The number of hydrogen-bond donors (Lipinski definition) is 1. The molecule has 0 unspecified atom stereocenters. The largest absolute Gasteiger partial charge is 0.479 e. The molecule has 0 radical (unpaired) electrons. The second kappa shape index (κ2) is 7.71. The van der Waals surface area contributed by atoms with Crippen LogP contribution in [0.15, 0.2) is 23.6 Å². The second-order valence-electron chi connectivity index (χ2n) is 3.14. The van der Waals surface area contributed by atoms with Gasteiger partial charge in [-0.15, -0.1) is 0 Å². The Morgan fingerprint density at radius 1 is 1.31 bits per heavy atom. The van der Waals surface area contributed by atoms with Gasteiger partial charge in [-0.1, -0.05) is 31.9 Å². The van der Waals surface area contributed by atoms with E-state index in [0.29, 0.717) is 5.88 Å². The van der Waals surface area contributed by atoms with E-state index in [-0.39, 0.29) is 0 Å². The van der Waals surface area contributed by atoms with Crippen LogP contribution in [-0.4, -0.2) is 6.61 Å². The second-order valence-corrected chi connectivity index (χ2v) is 3.14. The minimum atomic E-state index is 0.515. The predicted molar refractivity (Wildman–Crippen MR) is 57.2 cm³/mol. The highest BCUT2D eigenvalue weighted by molar-refractivity contribution is 5.11. The van der Waals surface area contributed by atoms with Gasteiger partial charge in [0, 0.05) is 0 Å². The van der Waals surface area contributed by atoms with Crippen molar-refractivity contribution >= 4 is 0 Å². The number of ether oxygens (including phenoxy) is 1. The Hall–Kier alpha value is -0.920. The molecule has 0 aliphatic carbocycles. The Bertz CT molecular complexity index is 183. The molecule has 13 heavy (non-hydrogen) atoms. The molecule has 2 heteroatoms. The molecular weight excluding hydrogens is 162 g/mol. The smallest absolute Gasteiger partial charge is 0.183 e. The molecule has 0 fully saturated rings. The number of rotatable bonds is 6. The van der Waals surface area contributed by atoms with Gasteiger partial charge in [0.05, 0.1) is 6.61 Å². The highest BCUT2D eigenvalue weighted by Gasteiger charge is 1.88. The Labute approximate surface area is 81.5 Å². The maximum Gasteiger partial charge on any atom is 0.183 e. The molecule has 0 aromatic carbocycles. The van der Waals surface area contributed by atoms with Gasteiger partial charge in [-0.2, -0.15) is 0 Å². The molecule has 0 bridgehead atoms. The van der Waals surface area contributed by atoms with E-state index >= 15 is 0 Å². The maximum absolute atomic E-state index is 5.61. The summed E-state index contributed by atoms with van der Waals surface area (Å²) in [5.41, 5.74) is 6.92. The molecule has 0 saturated carbocycles. The first-order valence-electron chi connectivity index (χ1n) is 4.96. The molecule has 0 spiro atoms. The molecule has 2 nitrogen and oxygen atoms in total. The first-order valence-corrected chi connectivity index (χ1v) is 4.96. The van der Waals surface area contributed by atoms with Crippen molar-refractivity contribution in [2.75, 3.05) is 6.61 Å². The summed E-state index contributed by atoms with van der Waals surface area (Å²) in [4.78, 5) is 0. The van der Waals surface area contributed by atoms with Crippen LogP contribution in [0.1, 0.15) is 40.0 Å². The minimum absolute atomic E-state index is 0.515. The van der Waals surface area contributed by atoms with Crippen LogP contribution in [0.4, 0.5) is 0 Å². The SMILES string of the molecule is CCCCO/C(N)=C/C=C(/C)CC. The summed E-state index contributed by atoms with van der Waals surface area (Å²) >= 11 is 0. The van der Waals surface area contributed by atoms with Gasteiger partial charge >= 0.3 is 0 Å². The Balaban J connectivity index is 3.75. The van der Waals surface area contributed by atoms with Crippen LogP contribution in [0.25, 0.3) is 0 Å². The third-order valence-corrected chi connectivity index (χ3v) is 1.86. The van der Waals surface area contributed by atoms with Gasteiger partial charge in [-0.25, -0.2) is 0 Å². The highest BCUT2D eigenvalue weighted by Crippen LogP contribution is 2.00. The third kappa shape index (κ3) is 7.44. The molecule has 76 valence electrons. The van der Waals surface area contributed by atoms with Crippen molar-refractivity contribution in [3.63, 3.8) is 0 Å². The molecule has 0 heterocycles. The number of nitrogens with two attached hydrogens (primary N) is 1. The van der Waals surface area contributed by atoms with Crippen LogP contribution in [0.2, 0.25) is 0 Å². The van der Waals surface area contributed by atoms with E-state index in [0.717, 1.165) is 25.9 Å². The first-order chi connectivity index (χ1) is 6.20. The maximum atomic E-state index is 5.61. The van der Waals surface area contributed by atoms with Crippen LogP contribution in [0.3, 0.4) is 0 Å². The van der Waals surface area contributed by atoms with Gasteiger partial charge in [-0.05, 0) is 25.8 Å². The van der Waals surface area contributed by atoms with Gasteiger partial charge < -0.3 is 10.5 Å². The molecule has 0 rings (SSSR count). The van der Waals surface area contributed by atoms with Crippen molar-refractivity contribution in [3.05, 3.63) is 23.6 Å². The van der Waals surface area contributed by atoms with Crippen LogP contribution in [0.5, 0.6) is 0 Å². The molecular formula is C11H21NO. The summed E-state index contributed by atoms with van der Waals surface area (Å²) in [6, 6.07) is 0. The Morgan fingerprint density at radius 3 is 2.54 bits per heavy atom. The molecule has 0 saturated heterocycles. The van der Waals surface area contributed by atoms with Gasteiger partial charge in [0.2, 0.25) is 0 Å². The lowest BCUT2D eigenvalue weighted by molar-refractivity contribution is 0.205. The van der Waals surface area contributed by atoms with E-state index in [2.05, 4.69) is 20.8 Å². The topological polar surface area (TPSA) is 35.2 Å². The number of hydrogen-bond acceptors (Lipinski definition) is 2. The molecule has 2 N–H and O–H groups in total. The zero-order chi connectivity index (χ0) is 10.1. The van der Waals surface area contributed by atoms with Gasteiger partial charge in [0.15, 0.2) is 5.88 Å². The van der Waals surface area contributed by atoms with E-state index in [1.165, 1.54) is 5.57 Å². The van der Waals surface area contributed by atoms with Crippen LogP contribution in [0, 0.1) is 0 Å². The summed E-state index contributed by atoms with van der Waals surface area (Å²) in [7, 11) is 0. The summed E-state index contributed by atoms with van der Waals surface area (Å²) in [5, 5.41) is 0. The fraction of sp³-hybridized carbons (Fsp3) is 0.636. The van der Waals surface area contributed by atoms with Crippen molar-refractivity contribution in [1.29, 1.82) is 0 Å². The van der Waals surface area contributed by atoms with Crippen molar-refractivity contribution in [1.82, 2.24) is 0 Å². The van der Waals surface area contributed by atoms with Gasteiger partial charge in [0.25, 0.3) is 0 Å². The van der Waals surface area contributed by atoms with Crippen LogP contribution >= 0.6 is 0 Å². The van der Waals surface area contributed by atoms with E-state index in [1.54, 1.807) is 0 Å². The molecule has 0 aromatic heterocycles. The number of unbranched alkanes of at least 4 members (excludes halogenated alkanes) is 1. The Morgan fingerprint density at radius 2 is 2.00 bits per heavy atom.